The quantitative estimate of drug-likeness (QED) is 0.440. The summed E-state index contributed by atoms with van der Waals surface area (Å²) in [5.74, 6) is 6.36. The summed E-state index contributed by atoms with van der Waals surface area (Å²) < 4.78 is 5.57. The van der Waals surface area contributed by atoms with Gasteiger partial charge in [0.1, 0.15) is 5.75 Å². The highest BCUT2D eigenvalue weighted by atomic mass is 16.5. The molecule has 1 aromatic carbocycles. The topological polar surface area (TPSA) is 47.3 Å². The predicted octanol–water partition coefficient (Wildman–Crippen LogP) is 2.55. The van der Waals surface area contributed by atoms with Gasteiger partial charge in [0.05, 0.1) is 6.10 Å². The van der Waals surface area contributed by atoms with E-state index in [0.29, 0.717) is 0 Å². The lowest BCUT2D eigenvalue weighted by Gasteiger charge is -2.15. The van der Waals surface area contributed by atoms with Gasteiger partial charge >= 0.3 is 0 Å². The summed E-state index contributed by atoms with van der Waals surface area (Å²) in [5, 5.41) is 0. The zero-order valence-corrected chi connectivity index (χ0v) is 9.94. The largest absolute Gasteiger partial charge is 0.491 e. The van der Waals surface area contributed by atoms with Gasteiger partial charge in [-0.1, -0.05) is 18.2 Å². The number of hydrogen-bond donors (Lipinski definition) is 2. The highest BCUT2D eigenvalue weighted by Gasteiger charge is 2.07. The second-order valence-electron chi connectivity index (χ2n) is 3.98. The van der Waals surface area contributed by atoms with Crippen LogP contribution in [-0.2, 0) is 0 Å². The van der Waals surface area contributed by atoms with Crippen molar-refractivity contribution in [2.75, 3.05) is 0 Å². The standard InChI is InChI=1S/C13H20N2O/c1-4-5-13(15-14)11-6-8-12(9-7-11)16-10(2)3/h4,6-10,13,15H,1,5,14H2,2-3H3. The second-order valence-corrected chi connectivity index (χ2v) is 3.98. The number of hydrogen-bond acceptors (Lipinski definition) is 3. The van der Waals surface area contributed by atoms with Crippen molar-refractivity contribution in [3.63, 3.8) is 0 Å². The minimum absolute atomic E-state index is 0.116. The van der Waals surface area contributed by atoms with Gasteiger partial charge in [0.15, 0.2) is 0 Å². The summed E-state index contributed by atoms with van der Waals surface area (Å²) in [6.45, 7) is 7.73. The maximum absolute atomic E-state index is 5.57. The third-order valence-electron chi connectivity index (χ3n) is 2.26. The number of rotatable bonds is 6. The highest BCUT2D eigenvalue weighted by molar-refractivity contribution is 5.29. The van der Waals surface area contributed by atoms with Gasteiger partial charge in [-0.15, -0.1) is 6.58 Å². The molecule has 0 aromatic heterocycles. The van der Waals surface area contributed by atoms with Crippen LogP contribution in [-0.4, -0.2) is 6.10 Å². The fraction of sp³-hybridized carbons (Fsp3) is 0.385. The van der Waals surface area contributed by atoms with E-state index in [9.17, 15) is 0 Å². The van der Waals surface area contributed by atoms with Crippen LogP contribution in [0.2, 0.25) is 0 Å². The molecule has 0 amide bonds. The van der Waals surface area contributed by atoms with E-state index in [0.717, 1.165) is 17.7 Å². The van der Waals surface area contributed by atoms with Crippen molar-refractivity contribution in [2.24, 2.45) is 5.84 Å². The zero-order chi connectivity index (χ0) is 12.0. The SMILES string of the molecule is C=CCC(NN)c1ccc(OC(C)C)cc1. The molecule has 0 fully saturated rings. The first-order chi connectivity index (χ1) is 7.67. The number of nitrogens with one attached hydrogen (secondary N) is 1. The normalized spacial score (nSPS) is 12.5. The van der Waals surface area contributed by atoms with Crippen molar-refractivity contribution in [1.29, 1.82) is 0 Å². The van der Waals surface area contributed by atoms with Crippen LogP contribution in [0.5, 0.6) is 5.75 Å². The molecule has 0 spiro atoms. The first kappa shape index (κ1) is 12.7. The van der Waals surface area contributed by atoms with Crippen LogP contribution in [0.1, 0.15) is 31.9 Å². The maximum atomic E-state index is 5.57. The first-order valence-corrected chi connectivity index (χ1v) is 5.51. The van der Waals surface area contributed by atoms with E-state index in [4.69, 9.17) is 10.6 Å². The Hall–Kier alpha value is -1.32. The summed E-state index contributed by atoms with van der Waals surface area (Å²) in [6, 6.07) is 8.08. The van der Waals surface area contributed by atoms with Crippen molar-refractivity contribution in [3.05, 3.63) is 42.5 Å². The lowest BCUT2D eigenvalue weighted by atomic mass is 10.0. The third kappa shape index (κ3) is 3.68. The van der Waals surface area contributed by atoms with E-state index < -0.39 is 0 Å². The van der Waals surface area contributed by atoms with Crippen molar-refractivity contribution in [2.45, 2.75) is 32.4 Å². The number of ether oxygens (including phenoxy) is 1. The van der Waals surface area contributed by atoms with Gasteiger partial charge in [0.2, 0.25) is 0 Å². The van der Waals surface area contributed by atoms with Crippen molar-refractivity contribution < 1.29 is 4.74 Å². The average Bonchev–Trinajstić information content (AvgIpc) is 2.26. The molecule has 1 aromatic rings. The molecule has 1 rings (SSSR count). The van der Waals surface area contributed by atoms with Crippen LogP contribution in [0.4, 0.5) is 0 Å². The number of hydrazine groups is 1. The van der Waals surface area contributed by atoms with Gasteiger partial charge in [-0.05, 0) is 38.0 Å². The van der Waals surface area contributed by atoms with E-state index in [2.05, 4.69) is 12.0 Å². The molecule has 1 atom stereocenters. The molecule has 0 saturated heterocycles. The summed E-state index contributed by atoms with van der Waals surface area (Å²) in [7, 11) is 0. The van der Waals surface area contributed by atoms with Crippen LogP contribution < -0.4 is 16.0 Å². The summed E-state index contributed by atoms with van der Waals surface area (Å²) in [4.78, 5) is 0. The Balaban J connectivity index is 2.72. The Labute approximate surface area is 97.3 Å². The van der Waals surface area contributed by atoms with Crippen molar-refractivity contribution in [3.8, 4) is 5.75 Å². The molecule has 0 radical (unpaired) electrons. The Bertz CT molecular complexity index is 319. The summed E-state index contributed by atoms with van der Waals surface area (Å²) in [5.41, 5.74) is 3.90. The predicted molar refractivity (Wildman–Crippen MR) is 67.1 cm³/mol. The molecular weight excluding hydrogens is 200 g/mol. The molecule has 3 nitrogen and oxygen atoms in total. The molecule has 3 N–H and O–H groups in total. The molecule has 0 heterocycles. The third-order valence-corrected chi connectivity index (χ3v) is 2.26. The number of nitrogens with two attached hydrogens (primary N) is 1. The van der Waals surface area contributed by atoms with Gasteiger partial charge in [-0.2, -0.15) is 0 Å². The van der Waals surface area contributed by atoms with Gasteiger partial charge in [-0.25, -0.2) is 0 Å². The summed E-state index contributed by atoms with van der Waals surface area (Å²) in [6.07, 6.45) is 2.85. The van der Waals surface area contributed by atoms with Crippen LogP contribution >= 0.6 is 0 Å². The molecule has 0 saturated carbocycles. The van der Waals surface area contributed by atoms with Crippen LogP contribution in [0.15, 0.2) is 36.9 Å². The Morgan fingerprint density at radius 1 is 1.38 bits per heavy atom. The van der Waals surface area contributed by atoms with Gasteiger partial charge in [0, 0.05) is 6.04 Å². The van der Waals surface area contributed by atoms with E-state index in [1.54, 1.807) is 0 Å². The van der Waals surface area contributed by atoms with Gasteiger partial charge < -0.3 is 4.74 Å². The van der Waals surface area contributed by atoms with E-state index in [1.165, 1.54) is 0 Å². The van der Waals surface area contributed by atoms with Crippen LogP contribution in [0.3, 0.4) is 0 Å². The van der Waals surface area contributed by atoms with E-state index >= 15 is 0 Å². The molecular formula is C13H20N2O. The van der Waals surface area contributed by atoms with Crippen molar-refractivity contribution in [1.82, 2.24) is 5.43 Å². The number of benzene rings is 1. The molecule has 16 heavy (non-hydrogen) atoms. The van der Waals surface area contributed by atoms with Crippen LogP contribution in [0.25, 0.3) is 0 Å². The smallest absolute Gasteiger partial charge is 0.119 e. The minimum Gasteiger partial charge on any atom is -0.491 e. The van der Waals surface area contributed by atoms with Gasteiger partial charge in [-0.3, -0.25) is 11.3 Å². The van der Waals surface area contributed by atoms with Crippen LogP contribution in [0, 0.1) is 0 Å². The molecule has 0 aliphatic carbocycles. The monoisotopic (exact) mass is 220 g/mol. The van der Waals surface area contributed by atoms with E-state index in [1.807, 2.05) is 44.2 Å². The second kappa shape index (κ2) is 6.30. The molecule has 0 aliphatic rings. The molecule has 88 valence electrons. The Morgan fingerprint density at radius 3 is 2.44 bits per heavy atom. The maximum Gasteiger partial charge on any atom is 0.119 e. The molecule has 0 bridgehead atoms. The Kier molecular flexibility index (Phi) is 5.02. The summed E-state index contributed by atoms with van der Waals surface area (Å²) >= 11 is 0. The Morgan fingerprint density at radius 2 is 2.00 bits per heavy atom. The lowest BCUT2D eigenvalue weighted by Crippen LogP contribution is -2.27. The minimum atomic E-state index is 0.116. The van der Waals surface area contributed by atoms with E-state index in [-0.39, 0.29) is 12.1 Å². The fourth-order valence-corrected chi connectivity index (χ4v) is 1.52. The first-order valence-electron chi connectivity index (χ1n) is 5.51. The van der Waals surface area contributed by atoms with Gasteiger partial charge in [0.25, 0.3) is 0 Å². The molecule has 0 aliphatic heterocycles. The van der Waals surface area contributed by atoms with Crippen molar-refractivity contribution >= 4 is 0 Å². The molecule has 1 unspecified atom stereocenters. The zero-order valence-electron chi connectivity index (χ0n) is 9.94. The average molecular weight is 220 g/mol. The highest BCUT2D eigenvalue weighted by Crippen LogP contribution is 2.20. The fourth-order valence-electron chi connectivity index (χ4n) is 1.52. The lowest BCUT2D eigenvalue weighted by molar-refractivity contribution is 0.242. The molecule has 3 heteroatoms.